The average molecular weight is 373 g/mol. The van der Waals surface area contributed by atoms with Gasteiger partial charge in [-0.05, 0) is 29.3 Å². The molecule has 136 valence electrons. The molecule has 1 heterocycles. The standard InChI is InChI=1S/C19H19NO5S/c1-23-18-8-7-17(11-19(18)24-2)26(21,22)20-12-14-3-5-15(6-4-14)16-9-10-25-13-16/h3-11,13,20H,12H2,1-2H3. The quantitative estimate of drug-likeness (QED) is 0.686. The van der Waals surface area contributed by atoms with E-state index in [1.807, 2.05) is 30.3 Å². The number of hydrogen-bond donors (Lipinski definition) is 1. The lowest BCUT2D eigenvalue weighted by atomic mass is 10.1. The first kappa shape index (κ1) is 18.0. The predicted molar refractivity (Wildman–Crippen MR) is 97.7 cm³/mol. The third-order valence-corrected chi connectivity index (χ3v) is 5.34. The molecular weight excluding hydrogens is 354 g/mol. The second-order valence-electron chi connectivity index (χ2n) is 5.55. The van der Waals surface area contributed by atoms with Crippen LogP contribution in [0, 0.1) is 0 Å². The van der Waals surface area contributed by atoms with Gasteiger partial charge in [-0.15, -0.1) is 0 Å². The monoisotopic (exact) mass is 373 g/mol. The van der Waals surface area contributed by atoms with Gasteiger partial charge in [0, 0.05) is 18.2 Å². The van der Waals surface area contributed by atoms with Gasteiger partial charge in [0.05, 0.1) is 31.6 Å². The van der Waals surface area contributed by atoms with Gasteiger partial charge in [0.1, 0.15) is 0 Å². The molecule has 0 atom stereocenters. The molecule has 0 amide bonds. The van der Waals surface area contributed by atoms with Crippen molar-refractivity contribution in [3.05, 3.63) is 66.6 Å². The number of sulfonamides is 1. The zero-order chi connectivity index (χ0) is 18.6. The molecule has 0 bridgehead atoms. The van der Waals surface area contributed by atoms with E-state index < -0.39 is 10.0 Å². The van der Waals surface area contributed by atoms with Crippen LogP contribution in [0.2, 0.25) is 0 Å². The van der Waals surface area contributed by atoms with E-state index in [-0.39, 0.29) is 11.4 Å². The summed E-state index contributed by atoms with van der Waals surface area (Å²) in [5, 5.41) is 0. The molecule has 3 rings (SSSR count). The largest absolute Gasteiger partial charge is 0.493 e. The number of nitrogens with one attached hydrogen (secondary N) is 1. The first-order valence-corrected chi connectivity index (χ1v) is 9.35. The highest BCUT2D eigenvalue weighted by molar-refractivity contribution is 7.89. The molecule has 0 aliphatic rings. The van der Waals surface area contributed by atoms with E-state index in [1.165, 1.54) is 26.4 Å². The topological polar surface area (TPSA) is 77.8 Å². The van der Waals surface area contributed by atoms with E-state index in [2.05, 4.69) is 4.72 Å². The van der Waals surface area contributed by atoms with Gasteiger partial charge in [0.25, 0.3) is 0 Å². The van der Waals surface area contributed by atoms with E-state index in [0.717, 1.165) is 16.7 Å². The van der Waals surface area contributed by atoms with Crippen LogP contribution < -0.4 is 14.2 Å². The Bertz CT molecular complexity index is 964. The van der Waals surface area contributed by atoms with Crippen molar-refractivity contribution in [3.8, 4) is 22.6 Å². The summed E-state index contributed by atoms with van der Waals surface area (Å²) in [6.45, 7) is 0.183. The fourth-order valence-electron chi connectivity index (χ4n) is 2.49. The maximum absolute atomic E-state index is 12.5. The van der Waals surface area contributed by atoms with E-state index >= 15 is 0 Å². The third-order valence-electron chi connectivity index (χ3n) is 3.94. The highest BCUT2D eigenvalue weighted by Crippen LogP contribution is 2.29. The van der Waals surface area contributed by atoms with Crippen LogP contribution in [0.15, 0.2) is 70.4 Å². The summed E-state index contributed by atoms with van der Waals surface area (Å²) in [4.78, 5) is 0.116. The molecule has 0 radical (unpaired) electrons. The highest BCUT2D eigenvalue weighted by Gasteiger charge is 2.16. The molecule has 3 aromatic rings. The molecule has 0 fully saturated rings. The van der Waals surface area contributed by atoms with Crippen LogP contribution in [0.3, 0.4) is 0 Å². The van der Waals surface area contributed by atoms with Gasteiger partial charge in [-0.25, -0.2) is 13.1 Å². The summed E-state index contributed by atoms with van der Waals surface area (Å²) in [6, 6.07) is 13.9. The van der Waals surface area contributed by atoms with E-state index in [9.17, 15) is 8.42 Å². The molecule has 2 aromatic carbocycles. The highest BCUT2D eigenvalue weighted by atomic mass is 32.2. The van der Waals surface area contributed by atoms with Crippen molar-refractivity contribution in [2.24, 2.45) is 0 Å². The Labute approximate surface area is 152 Å². The van der Waals surface area contributed by atoms with Crippen molar-refractivity contribution in [1.29, 1.82) is 0 Å². The number of ether oxygens (including phenoxy) is 2. The van der Waals surface area contributed by atoms with E-state index in [4.69, 9.17) is 13.9 Å². The summed E-state index contributed by atoms with van der Waals surface area (Å²) >= 11 is 0. The second kappa shape index (κ2) is 7.63. The fraction of sp³-hybridized carbons (Fsp3) is 0.158. The van der Waals surface area contributed by atoms with Gasteiger partial charge < -0.3 is 13.9 Å². The molecule has 6 nitrogen and oxygen atoms in total. The predicted octanol–water partition coefficient (Wildman–Crippen LogP) is 3.44. The van der Waals surface area contributed by atoms with Crippen LogP contribution >= 0.6 is 0 Å². The van der Waals surface area contributed by atoms with Gasteiger partial charge in [0.2, 0.25) is 10.0 Å². The minimum Gasteiger partial charge on any atom is -0.493 e. The molecule has 0 saturated heterocycles. The smallest absolute Gasteiger partial charge is 0.241 e. The first-order valence-electron chi connectivity index (χ1n) is 7.86. The summed E-state index contributed by atoms with van der Waals surface area (Å²) < 4.78 is 43.0. The number of methoxy groups -OCH3 is 2. The SMILES string of the molecule is COc1ccc(S(=O)(=O)NCc2ccc(-c3ccoc3)cc2)cc1OC. The normalized spacial score (nSPS) is 11.3. The van der Waals surface area contributed by atoms with Crippen molar-refractivity contribution in [1.82, 2.24) is 4.72 Å². The molecule has 0 aliphatic heterocycles. The van der Waals surface area contributed by atoms with Crippen LogP contribution in [-0.4, -0.2) is 22.6 Å². The molecule has 7 heteroatoms. The van der Waals surface area contributed by atoms with Crippen molar-refractivity contribution >= 4 is 10.0 Å². The Kier molecular flexibility index (Phi) is 5.29. The van der Waals surface area contributed by atoms with Gasteiger partial charge in [-0.3, -0.25) is 0 Å². The van der Waals surface area contributed by atoms with Crippen LogP contribution in [0.25, 0.3) is 11.1 Å². The summed E-state index contributed by atoms with van der Waals surface area (Å²) in [5.74, 6) is 0.834. The van der Waals surface area contributed by atoms with Gasteiger partial charge in [-0.2, -0.15) is 0 Å². The molecule has 1 aromatic heterocycles. The van der Waals surface area contributed by atoms with Crippen LogP contribution in [0.5, 0.6) is 11.5 Å². The van der Waals surface area contributed by atoms with E-state index in [0.29, 0.717) is 11.5 Å². The zero-order valence-corrected chi connectivity index (χ0v) is 15.2. The van der Waals surface area contributed by atoms with E-state index in [1.54, 1.807) is 18.6 Å². The van der Waals surface area contributed by atoms with Crippen molar-refractivity contribution in [3.63, 3.8) is 0 Å². The van der Waals surface area contributed by atoms with Gasteiger partial charge >= 0.3 is 0 Å². The number of furan rings is 1. The van der Waals surface area contributed by atoms with Crippen molar-refractivity contribution < 1.29 is 22.3 Å². The lowest BCUT2D eigenvalue weighted by molar-refractivity contribution is 0.354. The Balaban J connectivity index is 1.72. The van der Waals surface area contributed by atoms with Gasteiger partial charge in [0.15, 0.2) is 11.5 Å². The van der Waals surface area contributed by atoms with Crippen molar-refractivity contribution in [2.45, 2.75) is 11.4 Å². The summed E-state index contributed by atoms with van der Waals surface area (Å²) in [6.07, 6.45) is 3.27. The molecule has 26 heavy (non-hydrogen) atoms. The third kappa shape index (κ3) is 3.89. The first-order chi connectivity index (χ1) is 12.5. The van der Waals surface area contributed by atoms with Crippen molar-refractivity contribution in [2.75, 3.05) is 14.2 Å². The molecular formula is C19H19NO5S. The van der Waals surface area contributed by atoms with Crippen LogP contribution in [0.1, 0.15) is 5.56 Å². The second-order valence-corrected chi connectivity index (χ2v) is 7.32. The Morgan fingerprint density at radius 3 is 2.27 bits per heavy atom. The molecule has 0 unspecified atom stereocenters. The average Bonchev–Trinajstić information content (AvgIpc) is 3.21. The summed E-state index contributed by atoms with van der Waals surface area (Å²) in [5.41, 5.74) is 2.83. The van der Waals surface area contributed by atoms with Crippen LogP contribution in [0.4, 0.5) is 0 Å². The Morgan fingerprint density at radius 2 is 1.65 bits per heavy atom. The summed E-state index contributed by atoms with van der Waals surface area (Å²) in [7, 11) is -0.711. The fourth-order valence-corrected chi connectivity index (χ4v) is 3.52. The minimum atomic E-state index is -3.67. The molecule has 0 aliphatic carbocycles. The lowest BCUT2D eigenvalue weighted by Gasteiger charge is -2.11. The zero-order valence-electron chi connectivity index (χ0n) is 14.4. The number of rotatable bonds is 7. The number of hydrogen-bond acceptors (Lipinski definition) is 5. The Morgan fingerprint density at radius 1 is 0.923 bits per heavy atom. The molecule has 0 saturated carbocycles. The van der Waals surface area contributed by atoms with Crippen LogP contribution in [-0.2, 0) is 16.6 Å². The number of benzene rings is 2. The Hall–Kier alpha value is -2.77. The maximum atomic E-state index is 12.5. The molecule has 1 N–H and O–H groups in total. The van der Waals surface area contributed by atoms with Gasteiger partial charge in [-0.1, -0.05) is 24.3 Å². The minimum absolute atomic E-state index is 0.116. The molecule has 0 spiro atoms. The maximum Gasteiger partial charge on any atom is 0.241 e. The lowest BCUT2D eigenvalue weighted by Crippen LogP contribution is -2.23.